The van der Waals surface area contributed by atoms with Crippen LogP contribution in [0.5, 0.6) is 0 Å². The SMILES string of the molecule is CC[c-]1ccc2ccccc21.CC[c-]1ccc2ccccc21.CC[c-]1ccc2ccccc21.CC[c-]1ccc2ccccc21.[Cl-].[Cl-].[Zr+2].[Zr+2]. The summed E-state index contributed by atoms with van der Waals surface area (Å²) in [6.07, 6.45) is 4.53. The van der Waals surface area contributed by atoms with Crippen molar-refractivity contribution >= 4 is 43.1 Å². The van der Waals surface area contributed by atoms with E-state index in [-0.39, 0.29) is 77.2 Å². The second kappa shape index (κ2) is 22.4. The van der Waals surface area contributed by atoms with E-state index in [1.807, 2.05) is 0 Å². The topological polar surface area (TPSA) is 0 Å². The van der Waals surface area contributed by atoms with Crippen LogP contribution in [0.25, 0.3) is 43.1 Å². The number of halogens is 2. The third-order valence-corrected chi connectivity index (χ3v) is 8.61. The molecule has 0 atom stereocenters. The molecule has 0 nitrogen and oxygen atoms in total. The van der Waals surface area contributed by atoms with Crippen molar-refractivity contribution in [2.75, 3.05) is 0 Å². The molecule has 0 unspecified atom stereocenters. The van der Waals surface area contributed by atoms with Gasteiger partial charge in [0, 0.05) is 0 Å². The summed E-state index contributed by atoms with van der Waals surface area (Å²) >= 11 is 0. The van der Waals surface area contributed by atoms with E-state index in [1.165, 1.54) is 65.3 Å². The first-order valence-electron chi connectivity index (χ1n) is 16.2. The number of hydrogen-bond acceptors (Lipinski definition) is 0. The first-order chi connectivity index (χ1) is 21.7. The van der Waals surface area contributed by atoms with E-state index in [9.17, 15) is 0 Å². The van der Waals surface area contributed by atoms with E-state index < -0.39 is 0 Å². The first kappa shape index (κ1) is 43.7. The molecule has 0 aliphatic rings. The van der Waals surface area contributed by atoms with Crippen molar-refractivity contribution in [3.8, 4) is 0 Å². The van der Waals surface area contributed by atoms with Gasteiger partial charge in [-0.3, -0.25) is 0 Å². The maximum absolute atomic E-state index is 2.21. The van der Waals surface area contributed by atoms with E-state index in [4.69, 9.17) is 0 Å². The van der Waals surface area contributed by atoms with E-state index in [1.54, 1.807) is 0 Å². The van der Waals surface area contributed by atoms with Crippen LogP contribution in [0, 0.1) is 0 Å². The second-order valence-corrected chi connectivity index (χ2v) is 11.2. The largest absolute Gasteiger partial charge is 2.00 e. The minimum absolute atomic E-state index is 0. The van der Waals surface area contributed by atoms with Crippen molar-refractivity contribution in [2.45, 2.75) is 53.4 Å². The van der Waals surface area contributed by atoms with Crippen LogP contribution in [0.4, 0.5) is 0 Å². The fourth-order valence-corrected chi connectivity index (χ4v) is 6.09. The third kappa shape index (κ3) is 10.8. The minimum atomic E-state index is 0. The zero-order valence-corrected chi connectivity index (χ0v) is 34.9. The van der Waals surface area contributed by atoms with Gasteiger partial charge in [0.1, 0.15) is 0 Å². The molecular weight excluding hydrogens is 782 g/mol. The number of aryl methyl sites for hydroxylation is 4. The van der Waals surface area contributed by atoms with Crippen molar-refractivity contribution in [3.63, 3.8) is 0 Å². The van der Waals surface area contributed by atoms with Crippen LogP contribution in [0.15, 0.2) is 146 Å². The Bertz CT molecular complexity index is 1740. The second-order valence-electron chi connectivity index (χ2n) is 11.2. The van der Waals surface area contributed by atoms with Gasteiger partial charge in [-0.05, 0) is 0 Å². The Hall–Kier alpha value is -2.33. The van der Waals surface area contributed by atoms with Gasteiger partial charge in [-0.2, -0.15) is 24.3 Å². The molecule has 0 fully saturated rings. The molecule has 0 aliphatic heterocycles. The summed E-state index contributed by atoms with van der Waals surface area (Å²) in [5.41, 5.74) is 5.84. The fourth-order valence-electron chi connectivity index (χ4n) is 6.09. The number of fused-ring (bicyclic) bond motifs is 4. The molecule has 4 heteroatoms. The molecule has 8 aromatic rings. The molecule has 0 saturated heterocycles. The van der Waals surface area contributed by atoms with Crippen LogP contribution in [-0.4, -0.2) is 0 Å². The molecule has 0 spiro atoms. The zero-order chi connectivity index (χ0) is 30.7. The average molecular weight is 826 g/mol. The van der Waals surface area contributed by atoms with Gasteiger partial charge in [-0.15, -0.1) is 162 Å². The fraction of sp³-hybridized carbons (Fsp3) is 0.182. The van der Waals surface area contributed by atoms with Crippen molar-refractivity contribution in [1.82, 2.24) is 0 Å². The van der Waals surface area contributed by atoms with Gasteiger partial charge in [0.05, 0.1) is 0 Å². The van der Waals surface area contributed by atoms with Crippen molar-refractivity contribution in [2.24, 2.45) is 0 Å². The van der Waals surface area contributed by atoms with Crippen LogP contribution < -0.4 is 24.8 Å². The Morgan fingerprint density at radius 2 is 0.500 bits per heavy atom. The number of rotatable bonds is 4. The first-order valence-corrected chi connectivity index (χ1v) is 16.2. The van der Waals surface area contributed by atoms with Gasteiger partial charge in [0.2, 0.25) is 0 Å². The summed E-state index contributed by atoms with van der Waals surface area (Å²) in [5.74, 6) is 0. The molecule has 0 aliphatic carbocycles. The summed E-state index contributed by atoms with van der Waals surface area (Å²) in [5, 5.41) is 11.1. The van der Waals surface area contributed by atoms with Crippen molar-refractivity contribution in [1.29, 1.82) is 0 Å². The van der Waals surface area contributed by atoms with Crippen molar-refractivity contribution in [3.05, 3.63) is 168 Å². The van der Waals surface area contributed by atoms with Gasteiger partial charge < -0.3 is 24.8 Å². The summed E-state index contributed by atoms with van der Waals surface area (Å²) in [4.78, 5) is 0. The van der Waals surface area contributed by atoms with Gasteiger partial charge in [0.25, 0.3) is 0 Å². The Kier molecular flexibility index (Phi) is 20.4. The maximum atomic E-state index is 2.21. The van der Waals surface area contributed by atoms with Gasteiger partial charge in [0.15, 0.2) is 0 Å². The van der Waals surface area contributed by atoms with Crippen LogP contribution in [0.1, 0.15) is 49.9 Å². The molecule has 8 aromatic carbocycles. The summed E-state index contributed by atoms with van der Waals surface area (Å²) in [7, 11) is 0. The van der Waals surface area contributed by atoms with Gasteiger partial charge >= 0.3 is 52.4 Å². The summed E-state index contributed by atoms with van der Waals surface area (Å²) in [6.45, 7) is 8.78. The predicted molar refractivity (Wildman–Crippen MR) is 196 cm³/mol. The predicted octanol–water partition coefficient (Wildman–Crippen LogP) is 6.49. The minimum Gasteiger partial charge on any atom is -1.00 e. The number of benzene rings is 4. The molecule has 244 valence electrons. The molecule has 0 N–H and O–H groups in total. The Morgan fingerprint density at radius 3 is 0.688 bits per heavy atom. The van der Waals surface area contributed by atoms with E-state index in [2.05, 4.69) is 173 Å². The molecule has 0 heterocycles. The molecule has 48 heavy (non-hydrogen) atoms. The zero-order valence-electron chi connectivity index (χ0n) is 28.4. The van der Waals surface area contributed by atoms with Gasteiger partial charge in [-0.25, -0.2) is 0 Å². The summed E-state index contributed by atoms with van der Waals surface area (Å²) in [6, 6.07) is 51.7. The van der Waals surface area contributed by atoms with Gasteiger partial charge in [-0.1, -0.05) is 77.6 Å². The van der Waals surface area contributed by atoms with Crippen molar-refractivity contribution < 1.29 is 77.2 Å². The molecule has 0 saturated carbocycles. The molecule has 0 bridgehead atoms. The quantitative estimate of drug-likeness (QED) is 0.178. The van der Waals surface area contributed by atoms with Crippen LogP contribution in [0.3, 0.4) is 0 Å². The normalized spacial score (nSPS) is 9.75. The van der Waals surface area contributed by atoms with E-state index in [0.29, 0.717) is 0 Å². The van der Waals surface area contributed by atoms with E-state index >= 15 is 0 Å². The Balaban J connectivity index is 0.000000311. The maximum Gasteiger partial charge on any atom is 2.00 e. The van der Waals surface area contributed by atoms with Crippen LogP contribution >= 0.6 is 0 Å². The smallest absolute Gasteiger partial charge is 1.00 e. The Morgan fingerprint density at radius 1 is 0.312 bits per heavy atom. The molecule has 0 aromatic heterocycles. The van der Waals surface area contributed by atoms with Crippen LogP contribution in [-0.2, 0) is 78.1 Å². The number of hydrogen-bond donors (Lipinski definition) is 0. The van der Waals surface area contributed by atoms with Crippen LogP contribution in [0.2, 0.25) is 0 Å². The molecule has 8 rings (SSSR count). The molecule has 0 radical (unpaired) electrons. The summed E-state index contributed by atoms with van der Waals surface area (Å²) < 4.78 is 0. The average Bonchev–Trinajstić information content (AvgIpc) is 3.89. The monoisotopic (exact) mass is 822 g/mol. The molecular formula is C44H44Cl2Zr2-2. The standard InChI is InChI=1S/4C11H11.2ClH.2Zr/c4*1-2-9-7-8-10-5-3-4-6-11(9)10;;;;/h4*3-8H,2H2,1H3;2*1H;;/q4*-1;;;2*+2/p-2. The van der Waals surface area contributed by atoms with E-state index in [0.717, 1.165) is 25.7 Å². The Labute approximate surface area is 338 Å². The molecule has 0 amide bonds. The third-order valence-electron chi connectivity index (χ3n) is 8.61.